The lowest BCUT2D eigenvalue weighted by Crippen LogP contribution is -2.51. The second-order valence-corrected chi connectivity index (χ2v) is 12.1. The summed E-state index contributed by atoms with van der Waals surface area (Å²) in [7, 11) is 1.24. The predicted molar refractivity (Wildman–Crippen MR) is 166 cm³/mol. The number of benzene rings is 3. The zero-order chi connectivity index (χ0) is 31.7. The van der Waals surface area contributed by atoms with Gasteiger partial charge < -0.3 is 29.2 Å². The molecular weight excluding hydrogens is 642 g/mol. The minimum Gasteiger partial charge on any atom is -0.497 e. The van der Waals surface area contributed by atoms with Crippen molar-refractivity contribution in [2.45, 2.75) is 31.3 Å². The van der Waals surface area contributed by atoms with E-state index >= 15 is 0 Å². The summed E-state index contributed by atoms with van der Waals surface area (Å²) in [4.78, 5) is 28.2. The first-order valence-corrected chi connectivity index (χ1v) is 15.5. The molecule has 0 fully saturated rings. The molecule has 0 radical (unpaired) electrons. The summed E-state index contributed by atoms with van der Waals surface area (Å²) in [5.41, 5.74) is 0.820. The van der Waals surface area contributed by atoms with E-state index in [1.165, 1.54) is 57.6 Å². The minimum absolute atomic E-state index is 0.0594. The van der Waals surface area contributed by atoms with Gasteiger partial charge in [0.2, 0.25) is 11.8 Å². The van der Waals surface area contributed by atoms with Gasteiger partial charge in [-0.3, -0.25) is 13.9 Å². The molecule has 0 aliphatic heterocycles. The van der Waals surface area contributed by atoms with E-state index in [0.29, 0.717) is 18.0 Å². The Labute approximate surface area is 260 Å². The van der Waals surface area contributed by atoms with Gasteiger partial charge >= 0.3 is 0 Å². The molecule has 0 saturated heterocycles. The number of hydrogen-bond donors (Lipinski definition) is 1. The molecule has 0 aromatic heterocycles. The van der Waals surface area contributed by atoms with Crippen LogP contribution in [0.3, 0.4) is 0 Å². The third kappa shape index (κ3) is 7.90. The normalized spacial score (nSPS) is 11.7. The molecule has 13 heteroatoms. The number of amides is 2. The summed E-state index contributed by atoms with van der Waals surface area (Å²) in [6.07, 6.45) is 0. The summed E-state index contributed by atoms with van der Waals surface area (Å²) < 4.78 is 51.9. The molecule has 0 saturated carbocycles. The second-order valence-electron chi connectivity index (χ2n) is 9.28. The predicted octanol–water partition coefficient (Wildman–Crippen LogP) is 4.23. The Balaban J connectivity index is 2.17. The number of carbonyl (C=O) groups is 2. The lowest BCUT2D eigenvalue weighted by molar-refractivity contribution is -0.139. The van der Waals surface area contributed by atoms with Gasteiger partial charge in [-0.1, -0.05) is 28.1 Å². The number of anilines is 1. The Morgan fingerprint density at radius 2 is 1.49 bits per heavy atom. The van der Waals surface area contributed by atoms with E-state index in [1.54, 1.807) is 26.0 Å². The van der Waals surface area contributed by atoms with E-state index in [9.17, 15) is 18.0 Å². The number of carbonyl (C=O) groups excluding carboxylic acids is 2. The fraction of sp³-hybridized carbons (Fsp3) is 0.333. The van der Waals surface area contributed by atoms with Crippen LogP contribution in [0.15, 0.2) is 70.0 Å². The van der Waals surface area contributed by atoms with Crippen molar-refractivity contribution < 1.29 is 37.0 Å². The fourth-order valence-electron chi connectivity index (χ4n) is 4.30. The Kier molecular flexibility index (Phi) is 11.7. The molecule has 0 spiro atoms. The fourth-order valence-corrected chi connectivity index (χ4v) is 6.00. The molecule has 43 heavy (non-hydrogen) atoms. The summed E-state index contributed by atoms with van der Waals surface area (Å²) >= 11 is 3.40. The molecule has 3 rings (SSSR count). The van der Waals surface area contributed by atoms with Crippen LogP contribution in [-0.4, -0.2) is 72.7 Å². The first kappa shape index (κ1) is 33.5. The van der Waals surface area contributed by atoms with Crippen LogP contribution in [0.2, 0.25) is 0 Å². The molecule has 1 atom stereocenters. The first-order valence-electron chi connectivity index (χ1n) is 13.3. The van der Waals surface area contributed by atoms with Crippen molar-refractivity contribution in [2.24, 2.45) is 0 Å². The van der Waals surface area contributed by atoms with Crippen molar-refractivity contribution in [3.63, 3.8) is 0 Å². The Morgan fingerprint density at radius 3 is 2.07 bits per heavy atom. The van der Waals surface area contributed by atoms with Crippen LogP contribution in [0.1, 0.15) is 19.4 Å². The van der Waals surface area contributed by atoms with Crippen LogP contribution in [0, 0.1) is 0 Å². The lowest BCUT2D eigenvalue weighted by atomic mass is 10.1. The van der Waals surface area contributed by atoms with Crippen molar-refractivity contribution in [3.05, 3.63) is 70.7 Å². The highest BCUT2D eigenvalue weighted by Crippen LogP contribution is 2.37. The first-order chi connectivity index (χ1) is 20.5. The maximum atomic E-state index is 14.3. The van der Waals surface area contributed by atoms with E-state index in [0.717, 1.165) is 14.3 Å². The second kappa shape index (κ2) is 15.0. The highest BCUT2D eigenvalue weighted by Gasteiger charge is 2.34. The number of methoxy groups -OCH3 is 4. The molecule has 0 aliphatic carbocycles. The summed E-state index contributed by atoms with van der Waals surface area (Å²) in [5.74, 6) is 0.0672. The van der Waals surface area contributed by atoms with Gasteiger partial charge in [0.05, 0.1) is 39.0 Å². The van der Waals surface area contributed by atoms with Crippen LogP contribution in [0.25, 0.3) is 0 Å². The topological polar surface area (TPSA) is 124 Å². The SMILES string of the molecule is CCNC(=O)[C@@H](C)N(Cc1ccc(Br)cc1)C(=O)CN(c1cc(OC)ccc1OC)S(=O)(=O)c1ccc(OC)c(OC)c1. The van der Waals surface area contributed by atoms with Gasteiger partial charge in [0, 0.05) is 29.7 Å². The quantitative estimate of drug-likeness (QED) is 0.269. The molecule has 0 unspecified atom stereocenters. The van der Waals surface area contributed by atoms with Gasteiger partial charge in [-0.25, -0.2) is 8.42 Å². The van der Waals surface area contributed by atoms with Gasteiger partial charge in [-0.2, -0.15) is 0 Å². The van der Waals surface area contributed by atoms with Gasteiger partial charge in [0.1, 0.15) is 24.1 Å². The largest absolute Gasteiger partial charge is 0.497 e. The van der Waals surface area contributed by atoms with Gasteiger partial charge in [0.25, 0.3) is 10.0 Å². The maximum Gasteiger partial charge on any atom is 0.265 e. The van der Waals surface area contributed by atoms with Crippen molar-refractivity contribution in [2.75, 3.05) is 45.8 Å². The number of likely N-dealkylation sites (N-methyl/N-ethyl adjacent to an activating group) is 1. The minimum atomic E-state index is -4.42. The van der Waals surface area contributed by atoms with Crippen LogP contribution >= 0.6 is 15.9 Å². The Bertz CT molecular complexity index is 1530. The smallest absolute Gasteiger partial charge is 0.265 e. The zero-order valence-electron chi connectivity index (χ0n) is 24.9. The average molecular weight is 679 g/mol. The third-order valence-corrected chi connectivity index (χ3v) is 8.95. The van der Waals surface area contributed by atoms with E-state index < -0.39 is 28.5 Å². The molecule has 11 nitrogen and oxygen atoms in total. The van der Waals surface area contributed by atoms with E-state index in [2.05, 4.69) is 21.2 Å². The molecule has 0 aliphatic rings. The van der Waals surface area contributed by atoms with E-state index in [4.69, 9.17) is 18.9 Å². The van der Waals surface area contributed by atoms with Gasteiger partial charge in [-0.15, -0.1) is 0 Å². The average Bonchev–Trinajstić information content (AvgIpc) is 3.02. The summed E-state index contributed by atoms with van der Waals surface area (Å²) in [6.45, 7) is 3.15. The summed E-state index contributed by atoms with van der Waals surface area (Å²) in [6, 6.07) is 15.1. The van der Waals surface area contributed by atoms with Crippen LogP contribution in [0.5, 0.6) is 23.0 Å². The molecule has 1 N–H and O–H groups in total. The van der Waals surface area contributed by atoms with Crippen LogP contribution in [-0.2, 0) is 26.2 Å². The summed E-state index contributed by atoms with van der Waals surface area (Å²) in [5, 5.41) is 2.74. The van der Waals surface area contributed by atoms with Crippen molar-refractivity contribution in [1.29, 1.82) is 0 Å². The number of rotatable bonds is 14. The zero-order valence-corrected chi connectivity index (χ0v) is 27.3. The van der Waals surface area contributed by atoms with Crippen LogP contribution in [0.4, 0.5) is 5.69 Å². The van der Waals surface area contributed by atoms with Gasteiger partial charge in [0.15, 0.2) is 11.5 Å². The number of sulfonamides is 1. The van der Waals surface area contributed by atoms with Crippen LogP contribution < -0.4 is 28.6 Å². The maximum absolute atomic E-state index is 14.3. The Hall–Kier alpha value is -3.97. The number of nitrogens with zero attached hydrogens (tertiary/aromatic N) is 2. The molecule has 232 valence electrons. The van der Waals surface area contributed by atoms with Crippen molar-refractivity contribution in [3.8, 4) is 23.0 Å². The standard InChI is InChI=1S/C30H36BrN3O8S/c1-7-32-30(36)20(2)33(18-21-8-10-22(31)11-9-21)29(35)19-34(25-16-23(39-3)12-14-26(25)40-4)43(37,38)24-13-15-27(41-5)28(17-24)42-6/h8-17,20H,7,18-19H2,1-6H3,(H,32,36)/t20-/m1/s1. The number of hydrogen-bond acceptors (Lipinski definition) is 8. The molecule has 0 heterocycles. The molecule has 0 bridgehead atoms. The Morgan fingerprint density at radius 1 is 0.860 bits per heavy atom. The highest BCUT2D eigenvalue weighted by atomic mass is 79.9. The molecule has 3 aromatic carbocycles. The van der Waals surface area contributed by atoms with E-state index in [-0.39, 0.29) is 34.5 Å². The number of ether oxygens (including phenoxy) is 4. The van der Waals surface area contributed by atoms with E-state index in [1.807, 2.05) is 24.3 Å². The monoisotopic (exact) mass is 677 g/mol. The van der Waals surface area contributed by atoms with Gasteiger partial charge in [-0.05, 0) is 55.8 Å². The number of nitrogens with one attached hydrogen (secondary N) is 1. The van der Waals surface area contributed by atoms with Crippen molar-refractivity contribution in [1.82, 2.24) is 10.2 Å². The number of halogens is 1. The molecular formula is C30H36BrN3O8S. The molecule has 3 aromatic rings. The highest BCUT2D eigenvalue weighted by molar-refractivity contribution is 9.10. The lowest BCUT2D eigenvalue weighted by Gasteiger charge is -2.32. The van der Waals surface area contributed by atoms with Crippen molar-refractivity contribution >= 4 is 43.5 Å². The third-order valence-electron chi connectivity index (χ3n) is 6.66. The molecule has 2 amide bonds.